The molecule has 3 N–H and O–H groups in total. The maximum Gasteiger partial charge on any atom is 0.490 e. The number of aryl methyl sites for hydroxylation is 1. The number of likely N-dealkylation sites (tertiary alicyclic amines) is 1. The van der Waals surface area contributed by atoms with E-state index in [4.69, 9.17) is 29.0 Å². The average Bonchev–Trinajstić information content (AvgIpc) is 3.58. The third-order valence-corrected chi connectivity index (χ3v) is 5.74. The van der Waals surface area contributed by atoms with Gasteiger partial charge in [0, 0.05) is 44.4 Å². The Morgan fingerprint density at radius 3 is 2.23 bits per heavy atom. The van der Waals surface area contributed by atoms with Crippen LogP contribution in [0.1, 0.15) is 22.5 Å². The minimum atomic E-state index is -5.08. The van der Waals surface area contributed by atoms with E-state index in [0.29, 0.717) is 24.1 Å². The number of aromatic nitrogens is 2. The molecule has 2 aliphatic rings. The van der Waals surface area contributed by atoms with Crippen LogP contribution in [0.5, 0.6) is 0 Å². The van der Waals surface area contributed by atoms with E-state index in [1.165, 1.54) is 11.8 Å². The molecule has 2 aliphatic heterocycles. The van der Waals surface area contributed by atoms with Crippen LogP contribution in [0.4, 0.5) is 26.3 Å². The molecule has 0 radical (unpaired) electrons. The first-order valence-corrected chi connectivity index (χ1v) is 11.3. The summed E-state index contributed by atoms with van der Waals surface area (Å²) in [6.45, 7) is 4.36. The monoisotopic (exact) mass is 572 g/mol. The zero-order chi connectivity index (χ0) is 29.4. The van der Waals surface area contributed by atoms with Gasteiger partial charge in [-0.1, -0.05) is 0 Å². The SMILES string of the molecule is Cn1cc(CN2CC[C@@H]3[C@@H](CO[C@H]3CNC(=O)c3ccco3)C2)cn1.O=C(O)C(F)(F)F.O=C(O)C(F)(F)F. The fourth-order valence-corrected chi connectivity index (χ4v) is 4.02. The maximum absolute atomic E-state index is 12.0. The second-order valence-corrected chi connectivity index (χ2v) is 8.63. The van der Waals surface area contributed by atoms with Gasteiger partial charge in [0.1, 0.15) is 0 Å². The smallest absolute Gasteiger partial charge is 0.475 e. The number of halogens is 6. The minimum Gasteiger partial charge on any atom is -0.475 e. The van der Waals surface area contributed by atoms with Gasteiger partial charge in [-0.3, -0.25) is 14.4 Å². The second kappa shape index (κ2) is 13.5. The summed E-state index contributed by atoms with van der Waals surface area (Å²) in [5, 5.41) is 21.4. The van der Waals surface area contributed by atoms with Crippen molar-refractivity contribution in [2.45, 2.75) is 31.4 Å². The second-order valence-electron chi connectivity index (χ2n) is 8.63. The zero-order valence-electron chi connectivity index (χ0n) is 20.4. The van der Waals surface area contributed by atoms with Crippen LogP contribution in [0.2, 0.25) is 0 Å². The first-order valence-electron chi connectivity index (χ1n) is 11.3. The van der Waals surface area contributed by atoms with Gasteiger partial charge in [-0.2, -0.15) is 31.4 Å². The highest BCUT2D eigenvalue weighted by molar-refractivity contribution is 5.91. The quantitative estimate of drug-likeness (QED) is 0.460. The number of amides is 1. The van der Waals surface area contributed by atoms with Crippen molar-refractivity contribution in [3.63, 3.8) is 0 Å². The van der Waals surface area contributed by atoms with Crippen molar-refractivity contribution in [2.75, 3.05) is 26.2 Å². The fourth-order valence-electron chi connectivity index (χ4n) is 4.02. The largest absolute Gasteiger partial charge is 0.490 e. The van der Waals surface area contributed by atoms with Crippen LogP contribution in [0.3, 0.4) is 0 Å². The molecule has 2 saturated heterocycles. The van der Waals surface area contributed by atoms with Crippen molar-refractivity contribution >= 4 is 17.8 Å². The Kier molecular flexibility index (Phi) is 10.9. The van der Waals surface area contributed by atoms with Gasteiger partial charge >= 0.3 is 24.3 Å². The number of furan rings is 1. The lowest BCUT2D eigenvalue weighted by Gasteiger charge is -2.35. The predicted molar refractivity (Wildman–Crippen MR) is 118 cm³/mol. The fraction of sp³-hybridized carbons (Fsp3) is 0.545. The van der Waals surface area contributed by atoms with E-state index in [-0.39, 0.29) is 12.0 Å². The van der Waals surface area contributed by atoms with E-state index in [2.05, 4.69) is 21.5 Å². The highest BCUT2D eigenvalue weighted by atomic mass is 19.4. The Labute approximate surface area is 217 Å². The third kappa shape index (κ3) is 10.2. The van der Waals surface area contributed by atoms with Gasteiger partial charge < -0.3 is 24.7 Å². The number of aliphatic carboxylic acids is 2. The molecule has 0 spiro atoms. The van der Waals surface area contributed by atoms with Crippen LogP contribution in [-0.4, -0.2) is 87.4 Å². The number of carboxylic acid groups (broad SMARTS) is 2. The lowest BCUT2D eigenvalue weighted by Crippen LogP contribution is -2.43. The summed E-state index contributed by atoms with van der Waals surface area (Å²) in [6.07, 6.45) is -3.44. The average molecular weight is 572 g/mol. The maximum atomic E-state index is 12.0. The standard InChI is InChI=1S/C18H24N4O3.2C2HF3O2/c1-21-9-13(7-20-21)10-22-5-4-15-14(11-22)12-25-17(15)8-19-18(23)16-3-2-6-24-16;2*3-2(4,5)1(6)7/h2-3,6-7,9,14-15,17H,4-5,8,10-12H2,1H3,(H,19,23);2*(H,6,7)/t14-,15-,17+;;/m1../s1. The summed E-state index contributed by atoms with van der Waals surface area (Å²) in [6, 6.07) is 3.39. The molecule has 0 aromatic carbocycles. The van der Waals surface area contributed by atoms with E-state index in [0.717, 1.165) is 32.7 Å². The van der Waals surface area contributed by atoms with Crippen molar-refractivity contribution in [3.8, 4) is 0 Å². The Hall–Kier alpha value is -3.60. The molecule has 0 bridgehead atoms. The lowest BCUT2D eigenvalue weighted by molar-refractivity contribution is -0.193. The highest BCUT2D eigenvalue weighted by Gasteiger charge is 2.41. The molecule has 218 valence electrons. The molecule has 0 aliphatic carbocycles. The van der Waals surface area contributed by atoms with Crippen molar-refractivity contribution in [2.24, 2.45) is 18.9 Å². The number of hydrogen-bond acceptors (Lipinski definition) is 7. The number of rotatable bonds is 5. The highest BCUT2D eigenvalue weighted by Crippen LogP contribution is 2.34. The van der Waals surface area contributed by atoms with E-state index < -0.39 is 24.3 Å². The van der Waals surface area contributed by atoms with Gasteiger partial charge in [-0.05, 0) is 31.0 Å². The Bertz CT molecular complexity index is 1060. The van der Waals surface area contributed by atoms with Crippen LogP contribution in [-0.2, 0) is 27.9 Å². The predicted octanol–water partition coefficient (Wildman–Crippen LogP) is 2.55. The van der Waals surface area contributed by atoms with Crippen LogP contribution in [0.15, 0.2) is 35.2 Å². The van der Waals surface area contributed by atoms with Gasteiger partial charge in [0.05, 0.1) is 25.2 Å². The number of piperidine rings is 1. The summed E-state index contributed by atoms with van der Waals surface area (Å²) in [5.74, 6) is -4.29. The zero-order valence-corrected chi connectivity index (χ0v) is 20.4. The van der Waals surface area contributed by atoms with Crippen LogP contribution in [0, 0.1) is 11.8 Å². The first kappa shape index (κ1) is 31.6. The topological polar surface area (TPSA) is 147 Å². The molecule has 11 nitrogen and oxygen atoms in total. The molecule has 39 heavy (non-hydrogen) atoms. The van der Waals surface area contributed by atoms with Gasteiger partial charge in [-0.25, -0.2) is 9.59 Å². The van der Waals surface area contributed by atoms with Crippen LogP contribution >= 0.6 is 0 Å². The summed E-state index contributed by atoms with van der Waals surface area (Å²) in [5.41, 5.74) is 1.25. The third-order valence-electron chi connectivity index (χ3n) is 5.74. The van der Waals surface area contributed by atoms with Crippen molar-refractivity contribution in [1.29, 1.82) is 0 Å². The van der Waals surface area contributed by atoms with E-state index >= 15 is 0 Å². The van der Waals surface area contributed by atoms with Crippen molar-refractivity contribution in [1.82, 2.24) is 20.0 Å². The first-order chi connectivity index (χ1) is 18.1. The van der Waals surface area contributed by atoms with Gasteiger partial charge in [0.25, 0.3) is 5.91 Å². The molecule has 4 rings (SSSR count). The summed E-state index contributed by atoms with van der Waals surface area (Å²) >= 11 is 0. The normalized spacial score (nSPS) is 21.1. The number of hydrogen-bond donors (Lipinski definition) is 3. The Balaban J connectivity index is 0.000000317. The molecule has 1 amide bonds. The summed E-state index contributed by atoms with van der Waals surface area (Å²) < 4.78 is 76.4. The van der Waals surface area contributed by atoms with E-state index in [1.54, 1.807) is 12.1 Å². The molecule has 4 heterocycles. The number of nitrogens with one attached hydrogen (secondary N) is 1. The molecule has 0 unspecified atom stereocenters. The number of carbonyl (C=O) groups is 3. The van der Waals surface area contributed by atoms with E-state index in [1.807, 2.05) is 17.9 Å². The lowest BCUT2D eigenvalue weighted by atomic mass is 9.84. The summed E-state index contributed by atoms with van der Waals surface area (Å²) in [7, 11) is 1.95. The number of fused-ring (bicyclic) bond motifs is 1. The van der Waals surface area contributed by atoms with Crippen LogP contribution < -0.4 is 5.32 Å². The number of ether oxygens (including phenoxy) is 1. The molecule has 2 fully saturated rings. The molecule has 17 heteroatoms. The van der Waals surface area contributed by atoms with Crippen molar-refractivity contribution in [3.05, 3.63) is 42.1 Å². The molecule has 2 aromatic heterocycles. The molecular weight excluding hydrogens is 546 g/mol. The number of alkyl halides is 6. The van der Waals surface area contributed by atoms with Gasteiger partial charge in [0.15, 0.2) is 5.76 Å². The number of carbonyl (C=O) groups excluding carboxylic acids is 1. The molecule has 3 atom stereocenters. The molecular formula is C22H26F6N4O7. The Morgan fingerprint density at radius 2 is 1.74 bits per heavy atom. The molecule has 2 aromatic rings. The summed E-state index contributed by atoms with van der Waals surface area (Å²) in [4.78, 5) is 32.3. The van der Waals surface area contributed by atoms with Gasteiger partial charge in [-0.15, -0.1) is 0 Å². The van der Waals surface area contributed by atoms with E-state index in [9.17, 15) is 31.1 Å². The molecule has 0 saturated carbocycles. The van der Waals surface area contributed by atoms with Gasteiger partial charge in [0.2, 0.25) is 0 Å². The Morgan fingerprint density at radius 1 is 1.13 bits per heavy atom. The van der Waals surface area contributed by atoms with Crippen LogP contribution in [0.25, 0.3) is 0 Å². The number of nitrogens with zero attached hydrogens (tertiary/aromatic N) is 3. The number of carboxylic acids is 2. The minimum absolute atomic E-state index is 0.101. The van der Waals surface area contributed by atoms with Crippen molar-refractivity contribution < 1.29 is 60.1 Å².